The van der Waals surface area contributed by atoms with Crippen molar-refractivity contribution in [1.29, 1.82) is 0 Å². The predicted molar refractivity (Wildman–Crippen MR) is 130 cm³/mol. The number of nitrogens with one attached hydrogen (secondary N) is 1. The minimum absolute atomic E-state index is 0.00387. The second-order valence-corrected chi connectivity index (χ2v) is 8.87. The highest BCUT2D eigenvalue weighted by Crippen LogP contribution is 2.49. The Bertz CT molecular complexity index is 1150. The van der Waals surface area contributed by atoms with Gasteiger partial charge in [-0.25, -0.2) is 0 Å². The maximum atomic E-state index is 13.7. The van der Waals surface area contributed by atoms with Gasteiger partial charge in [0.15, 0.2) is 5.78 Å². The molecule has 6 nitrogen and oxygen atoms in total. The molecule has 0 saturated carbocycles. The molecule has 0 fully saturated rings. The van der Waals surface area contributed by atoms with Crippen LogP contribution >= 0.6 is 11.6 Å². The molecule has 178 valence electrons. The van der Waals surface area contributed by atoms with Crippen LogP contribution in [0.1, 0.15) is 42.7 Å². The van der Waals surface area contributed by atoms with E-state index in [1.807, 2.05) is 30.3 Å². The van der Waals surface area contributed by atoms with Gasteiger partial charge in [-0.3, -0.25) is 9.59 Å². The molecular formula is C27H28ClNO5. The smallest absolute Gasteiger partial charge is 0.315 e. The molecule has 2 aromatic carbocycles. The third-order valence-corrected chi connectivity index (χ3v) is 6.74. The molecule has 0 bridgehead atoms. The van der Waals surface area contributed by atoms with E-state index in [9.17, 15) is 9.59 Å². The Labute approximate surface area is 204 Å². The molecule has 2 aromatic rings. The summed E-state index contributed by atoms with van der Waals surface area (Å²) in [4.78, 5) is 26.8. The van der Waals surface area contributed by atoms with Crippen molar-refractivity contribution >= 4 is 23.4 Å². The first kappa shape index (κ1) is 23.9. The summed E-state index contributed by atoms with van der Waals surface area (Å²) in [6, 6.07) is 13.0. The van der Waals surface area contributed by atoms with Gasteiger partial charge >= 0.3 is 5.97 Å². The van der Waals surface area contributed by atoms with E-state index in [1.54, 1.807) is 33.3 Å². The van der Waals surface area contributed by atoms with Crippen LogP contribution in [0.4, 0.5) is 0 Å². The molecule has 0 amide bonds. The van der Waals surface area contributed by atoms with E-state index in [-0.39, 0.29) is 18.3 Å². The van der Waals surface area contributed by atoms with Gasteiger partial charge in [-0.15, -0.1) is 0 Å². The lowest BCUT2D eigenvalue weighted by molar-refractivity contribution is -0.147. The Morgan fingerprint density at radius 3 is 2.50 bits per heavy atom. The molecule has 1 aliphatic heterocycles. The molecule has 1 N–H and O–H groups in total. The Morgan fingerprint density at radius 2 is 1.85 bits per heavy atom. The van der Waals surface area contributed by atoms with Crippen LogP contribution in [0.5, 0.6) is 11.5 Å². The Morgan fingerprint density at radius 1 is 1.12 bits per heavy atom. The maximum absolute atomic E-state index is 13.7. The lowest BCUT2D eigenvalue weighted by atomic mass is 9.68. The number of ether oxygens (including phenoxy) is 3. The Balaban J connectivity index is 1.85. The van der Waals surface area contributed by atoms with E-state index in [0.29, 0.717) is 46.2 Å². The second kappa shape index (κ2) is 9.94. The largest absolute Gasteiger partial charge is 0.497 e. The van der Waals surface area contributed by atoms with Gasteiger partial charge in [-0.2, -0.15) is 0 Å². The van der Waals surface area contributed by atoms with Crippen molar-refractivity contribution in [2.24, 2.45) is 5.92 Å². The van der Waals surface area contributed by atoms with Crippen LogP contribution in [-0.4, -0.2) is 32.6 Å². The second-order valence-electron chi connectivity index (χ2n) is 8.44. The number of methoxy groups -OCH3 is 2. The summed E-state index contributed by atoms with van der Waals surface area (Å²) in [6.07, 6.45) is 0.938. The lowest BCUT2D eigenvalue weighted by Crippen LogP contribution is -2.42. The van der Waals surface area contributed by atoms with Crippen molar-refractivity contribution in [3.8, 4) is 11.5 Å². The number of hydrogen-bond acceptors (Lipinski definition) is 6. The molecule has 0 spiro atoms. The molecule has 34 heavy (non-hydrogen) atoms. The lowest BCUT2D eigenvalue weighted by Gasteiger charge is -2.40. The van der Waals surface area contributed by atoms with E-state index in [4.69, 9.17) is 25.8 Å². The van der Waals surface area contributed by atoms with Crippen molar-refractivity contribution < 1.29 is 23.8 Å². The molecule has 0 saturated heterocycles. The first-order valence-electron chi connectivity index (χ1n) is 11.2. The zero-order chi connectivity index (χ0) is 24.4. The summed E-state index contributed by atoms with van der Waals surface area (Å²) >= 11 is 6.05. The normalized spacial score (nSPS) is 22.1. The number of halogens is 1. The van der Waals surface area contributed by atoms with Gasteiger partial charge in [0.2, 0.25) is 0 Å². The van der Waals surface area contributed by atoms with E-state index in [0.717, 1.165) is 11.3 Å². The topological polar surface area (TPSA) is 73.9 Å². The number of hydrogen-bond donors (Lipinski definition) is 1. The predicted octanol–water partition coefficient (Wildman–Crippen LogP) is 5.14. The monoisotopic (exact) mass is 481 g/mol. The van der Waals surface area contributed by atoms with Crippen LogP contribution in [0.25, 0.3) is 0 Å². The van der Waals surface area contributed by atoms with Crippen molar-refractivity contribution in [2.75, 3.05) is 20.8 Å². The van der Waals surface area contributed by atoms with Gasteiger partial charge in [0.1, 0.15) is 17.4 Å². The number of esters is 1. The number of carbonyl (C=O) groups excluding carboxylic acids is 2. The average molecular weight is 482 g/mol. The average Bonchev–Trinajstić information content (AvgIpc) is 2.83. The number of allylic oxidation sites excluding steroid dienone is 2. The van der Waals surface area contributed by atoms with E-state index in [2.05, 4.69) is 11.9 Å². The summed E-state index contributed by atoms with van der Waals surface area (Å²) in [5.74, 6) is -0.682. The molecular weight excluding hydrogens is 454 g/mol. The zero-order valence-corrected chi connectivity index (χ0v) is 20.3. The summed E-state index contributed by atoms with van der Waals surface area (Å²) < 4.78 is 16.5. The number of benzene rings is 2. The highest BCUT2D eigenvalue weighted by molar-refractivity contribution is 6.30. The number of rotatable bonds is 6. The van der Waals surface area contributed by atoms with Gasteiger partial charge < -0.3 is 19.5 Å². The third-order valence-electron chi connectivity index (χ3n) is 6.49. The molecule has 2 aliphatic rings. The van der Waals surface area contributed by atoms with Crippen molar-refractivity contribution in [2.45, 2.75) is 31.6 Å². The first-order valence-corrected chi connectivity index (χ1v) is 11.6. The molecule has 7 heteroatoms. The summed E-state index contributed by atoms with van der Waals surface area (Å²) in [5.41, 5.74) is 3.57. The molecule has 3 unspecified atom stereocenters. The van der Waals surface area contributed by atoms with Crippen LogP contribution in [-0.2, 0) is 14.3 Å². The highest BCUT2D eigenvalue weighted by atomic mass is 35.5. The quantitative estimate of drug-likeness (QED) is 0.576. The first-order chi connectivity index (χ1) is 16.4. The SMILES string of the molecule is C=C1NC2=C(C(=O)CC(c3ccc(Cl)cc3)C2)C(c2cc(OC)ccc2OC)C1C(=O)OCC. The van der Waals surface area contributed by atoms with Crippen LogP contribution in [0.15, 0.2) is 66.0 Å². The summed E-state index contributed by atoms with van der Waals surface area (Å²) in [6.45, 7) is 6.13. The van der Waals surface area contributed by atoms with E-state index < -0.39 is 17.8 Å². The van der Waals surface area contributed by atoms with Gasteiger partial charge in [0.05, 0.1) is 20.8 Å². The summed E-state index contributed by atoms with van der Waals surface area (Å²) in [7, 11) is 3.14. The van der Waals surface area contributed by atoms with Crippen LogP contribution in [0.3, 0.4) is 0 Å². The van der Waals surface area contributed by atoms with E-state index in [1.165, 1.54) is 0 Å². The minimum atomic E-state index is -0.782. The van der Waals surface area contributed by atoms with Gasteiger partial charge in [-0.1, -0.05) is 30.3 Å². The number of ketones is 1. The fraction of sp³-hybridized carbons (Fsp3) is 0.333. The third kappa shape index (κ3) is 4.42. The minimum Gasteiger partial charge on any atom is -0.497 e. The fourth-order valence-corrected chi connectivity index (χ4v) is 5.07. The highest BCUT2D eigenvalue weighted by Gasteiger charge is 2.46. The van der Waals surface area contributed by atoms with E-state index >= 15 is 0 Å². The van der Waals surface area contributed by atoms with Crippen molar-refractivity contribution in [1.82, 2.24) is 5.32 Å². The molecule has 0 radical (unpaired) electrons. The van der Waals surface area contributed by atoms with Crippen molar-refractivity contribution in [3.63, 3.8) is 0 Å². The molecule has 4 rings (SSSR count). The van der Waals surface area contributed by atoms with Crippen LogP contribution in [0, 0.1) is 5.92 Å². The fourth-order valence-electron chi connectivity index (χ4n) is 4.95. The molecule has 3 atom stereocenters. The number of Topliss-reactive ketones (excluding diaryl/α,β-unsaturated/α-hetero) is 1. The van der Waals surface area contributed by atoms with Gasteiger partial charge in [-0.05, 0) is 55.2 Å². The number of carbonyl (C=O) groups is 2. The van der Waals surface area contributed by atoms with Gasteiger partial charge in [0, 0.05) is 39.9 Å². The Kier molecular flexibility index (Phi) is 6.98. The molecule has 1 heterocycles. The van der Waals surface area contributed by atoms with Gasteiger partial charge in [0.25, 0.3) is 0 Å². The van der Waals surface area contributed by atoms with Crippen LogP contribution in [0.2, 0.25) is 5.02 Å². The molecule has 0 aromatic heterocycles. The van der Waals surface area contributed by atoms with Crippen molar-refractivity contribution in [3.05, 3.63) is 82.2 Å². The Hall–Kier alpha value is -3.25. The molecule has 1 aliphatic carbocycles. The van der Waals surface area contributed by atoms with Crippen LogP contribution < -0.4 is 14.8 Å². The zero-order valence-electron chi connectivity index (χ0n) is 19.5. The summed E-state index contributed by atoms with van der Waals surface area (Å²) in [5, 5.41) is 3.93. The standard InChI is InChI=1S/C27H28ClNO5/c1-5-34-27(31)24-15(2)29-21-12-17(16-6-8-18(28)9-7-16)13-22(30)26(21)25(24)20-14-19(32-3)10-11-23(20)33-4/h6-11,14,17,24-25,29H,2,5,12-13H2,1,3-4H3. The maximum Gasteiger partial charge on any atom is 0.315 e.